The molecule has 0 heterocycles. The van der Waals surface area contributed by atoms with Crippen molar-refractivity contribution in [2.24, 2.45) is 121 Å². The molecule has 0 bridgehead atoms. The highest BCUT2D eigenvalue weighted by Gasteiger charge is 2.35. The summed E-state index contributed by atoms with van der Waals surface area (Å²) in [5, 5.41) is 18.6. The average Bonchev–Trinajstić information content (AvgIpc) is 1.62. The van der Waals surface area contributed by atoms with Gasteiger partial charge >= 0.3 is 6.09 Å². The van der Waals surface area contributed by atoms with Crippen LogP contribution in [0, 0.1) is 0 Å². The Bertz CT molecular complexity index is 3030. The normalized spacial score (nSPS) is 13.3. The molecule has 0 saturated carbocycles. The number of rotatable bonds is 44. The molecule has 0 saturated heterocycles. The van der Waals surface area contributed by atoms with Crippen molar-refractivity contribution in [3.63, 3.8) is 0 Å². The molecule has 1 aliphatic carbocycles. The van der Waals surface area contributed by atoms with Gasteiger partial charge in [0.05, 0.1) is 0 Å². The molecule has 7 atom stereocenters. The quantitative estimate of drug-likeness (QED) is 0.0166. The van der Waals surface area contributed by atoms with Crippen LogP contribution in [0.4, 0.5) is 4.79 Å². The second kappa shape index (κ2) is 42.1. The molecule has 1 aliphatic rings. The molecule has 38 nitrogen and oxygen atoms in total. The topological polar surface area (TPSA) is 707 Å². The molecular formula is C57H97N29O9. The first-order chi connectivity index (χ1) is 45.2. The number of aliphatic imine (C=N–C) groups is 7. The van der Waals surface area contributed by atoms with Crippen molar-refractivity contribution in [1.82, 2.24) is 37.2 Å². The van der Waals surface area contributed by atoms with Gasteiger partial charge in [0, 0.05) is 51.7 Å². The summed E-state index contributed by atoms with van der Waals surface area (Å²) in [5.41, 5.74) is 87.3. The maximum atomic E-state index is 14.8. The molecule has 0 spiro atoms. The highest BCUT2D eigenvalue weighted by molar-refractivity contribution is 5.98. The van der Waals surface area contributed by atoms with Gasteiger partial charge in [-0.15, -0.1) is 0 Å². The van der Waals surface area contributed by atoms with Gasteiger partial charge in [0.25, 0.3) is 0 Å². The van der Waals surface area contributed by atoms with Crippen molar-refractivity contribution in [3.05, 3.63) is 59.7 Å². The number of fused-ring (bicyclic) bond motifs is 3. The Balaban J connectivity index is 2.03. The molecule has 0 aromatic heterocycles. The number of hydrogen-bond acceptors (Lipinski definition) is 16. The fraction of sp³-hybridized carbons (Fsp3) is 0.526. The Morgan fingerprint density at radius 3 is 0.758 bits per heavy atom. The van der Waals surface area contributed by atoms with Crippen LogP contribution in [0.5, 0.6) is 0 Å². The first kappa shape index (κ1) is 78.1. The molecule has 2 aromatic rings. The van der Waals surface area contributed by atoms with Gasteiger partial charge < -0.3 is 128 Å². The second-order valence-electron chi connectivity index (χ2n) is 21.9. The fourth-order valence-corrected chi connectivity index (χ4v) is 9.84. The van der Waals surface area contributed by atoms with E-state index in [0.717, 1.165) is 22.3 Å². The van der Waals surface area contributed by atoms with Gasteiger partial charge in [0.1, 0.15) is 48.9 Å². The van der Waals surface area contributed by atoms with Crippen LogP contribution in [0.2, 0.25) is 0 Å². The van der Waals surface area contributed by atoms with Crippen molar-refractivity contribution in [2.45, 2.75) is 138 Å². The van der Waals surface area contributed by atoms with Crippen molar-refractivity contribution in [1.29, 1.82) is 0 Å². The van der Waals surface area contributed by atoms with E-state index in [4.69, 9.17) is 90.7 Å². The number of primary amides is 1. The third-order valence-electron chi connectivity index (χ3n) is 14.4. The van der Waals surface area contributed by atoms with Crippen LogP contribution in [0.1, 0.15) is 107 Å². The number of nitrogens with one attached hydrogen (secondary N) is 7. The van der Waals surface area contributed by atoms with E-state index in [9.17, 15) is 38.4 Å². The lowest BCUT2D eigenvalue weighted by Crippen LogP contribution is -2.60. The molecule has 0 radical (unpaired) electrons. The first-order valence-electron chi connectivity index (χ1n) is 30.8. The van der Waals surface area contributed by atoms with Gasteiger partial charge in [-0.1, -0.05) is 48.5 Å². The second-order valence-corrected chi connectivity index (χ2v) is 21.9. The SMILES string of the molecule is NC(=O)[C@H](CCCN=C(N)N)NC(=O)[C@H](CCCN=C(N)N)NC(=O)[C@H](CCCN=C(N)N)NC(=O)[C@H](CCCN=C(N)N)NC(=O)[C@H](CCCN=C(N)N)NC(=O)[C@H](CCCN=C(N)N)NC(=O)[C@H](CCCN=C(N)N)NC(=O)OCC1c2ccccc2-c2ccccc21. The smallest absolute Gasteiger partial charge is 0.407 e. The molecule has 38 heteroatoms. The molecule has 0 unspecified atom stereocenters. The average molecular weight is 1330 g/mol. The minimum atomic E-state index is -1.51. The maximum absolute atomic E-state index is 14.8. The van der Waals surface area contributed by atoms with Crippen LogP contribution in [0.3, 0.4) is 0 Å². The molecule has 0 fully saturated rings. The predicted molar refractivity (Wildman–Crippen MR) is 362 cm³/mol. The lowest BCUT2D eigenvalue weighted by Gasteiger charge is -2.28. The molecule has 524 valence electrons. The van der Waals surface area contributed by atoms with E-state index in [1.54, 1.807) is 0 Å². The largest absolute Gasteiger partial charge is 0.449 e. The standard InChI is InChI=1S/C57H97N29O9/c58-43(87)36(16-5-23-73-50(59)60)80-44(88)37(17-6-24-74-51(61)62)81-45(89)38(18-7-25-75-52(63)64)82-46(90)39(19-8-26-76-53(65)66)83-47(91)40(20-9-27-77-54(67)68)84-48(92)41(21-10-28-78-55(69)70)85-49(93)42(22-11-29-79-56(71)72)86-57(94)95-30-35-33-14-3-1-12-31(33)32-13-2-4-15-34(32)35/h1-4,12-15,35-42H,5-11,16-30H2,(H2,58,87)(H,80,88)(H,81,89)(H,82,90)(H,83,91)(H,84,92)(H,85,93)(H,86,94)(H4,59,60,73)(H4,61,62,74)(H4,63,64,75)(H4,65,66,76)(H4,67,68,77)(H4,69,70,78)(H4,71,72,79)/t36-,37-,38-,39-,40-,41-,42-/m0/s1. The van der Waals surface area contributed by atoms with Gasteiger partial charge in [-0.2, -0.15) is 0 Å². The van der Waals surface area contributed by atoms with Gasteiger partial charge in [-0.3, -0.25) is 68.5 Å². The molecule has 2 aromatic carbocycles. The Morgan fingerprint density at radius 2 is 0.526 bits per heavy atom. The van der Waals surface area contributed by atoms with E-state index in [1.165, 1.54) is 0 Å². The molecule has 8 amide bonds. The molecule has 3 rings (SSSR count). The van der Waals surface area contributed by atoms with Crippen molar-refractivity contribution < 1.29 is 43.1 Å². The van der Waals surface area contributed by atoms with Crippen LogP contribution >= 0.6 is 0 Å². The van der Waals surface area contributed by atoms with Crippen molar-refractivity contribution in [3.8, 4) is 11.1 Å². The highest BCUT2D eigenvalue weighted by atomic mass is 16.5. The lowest BCUT2D eigenvalue weighted by molar-refractivity contribution is -0.135. The zero-order valence-corrected chi connectivity index (χ0v) is 53.3. The molecule has 37 N–H and O–H groups in total. The van der Waals surface area contributed by atoms with E-state index in [0.29, 0.717) is 0 Å². The van der Waals surface area contributed by atoms with Crippen molar-refractivity contribution in [2.75, 3.05) is 52.4 Å². The number of amides is 8. The lowest BCUT2D eigenvalue weighted by atomic mass is 9.98. The Morgan fingerprint density at radius 1 is 0.316 bits per heavy atom. The monoisotopic (exact) mass is 1330 g/mol. The molecular weight excluding hydrogens is 1230 g/mol. The van der Waals surface area contributed by atoms with Gasteiger partial charge in [0.15, 0.2) is 41.7 Å². The van der Waals surface area contributed by atoms with E-state index in [1.807, 2.05) is 48.5 Å². The van der Waals surface area contributed by atoms with E-state index >= 15 is 0 Å². The van der Waals surface area contributed by atoms with Gasteiger partial charge in [-0.05, 0) is 112 Å². The summed E-state index contributed by atoms with van der Waals surface area (Å²) in [6, 6.07) is 5.59. The number of nitrogens with zero attached hydrogens (tertiary/aromatic N) is 7. The zero-order valence-electron chi connectivity index (χ0n) is 53.3. The number of carbonyl (C=O) groups is 8. The number of ether oxygens (including phenoxy) is 1. The highest BCUT2D eigenvalue weighted by Crippen LogP contribution is 2.44. The van der Waals surface area contributed by atoms with Crippen LogP contribution in [-0.4, -0.2) is 184 Å². The summed E-state index contributed by atoms with van der Waals surface area (Å²) in [4.78, 5) is 141. The van der Waals surface area contributed by atoms with Gasteiger partial charge in [-0.25, -0.2) is 4.79 Å². The number of nitrogens with two attached hydrogens (primary N) is 15. The predicted octanol–water partition coefficient (Wildman–Crippen LogP) is -7.34. The number of benzene rings is 2. The van der Waals surface area contributed by atoms with Gasteiger partial charge in [0.2, 0.25) is 41.4 Å². The maximum Gasteiger partial charge on any atom is 0.407 e. The minimum Gasteiger partial charge on any atom is -0.449 e. The Kier molecular flexibility index (Phi) is 34.6. The van der Waals surface area contributed by atoms with Crippen molar-refractivity contribution >= 4 is 89.2 Å². The first-order valence-corrected chi connectivity index (χ1v) is 30.8. The minimum absolute atomic E-state index is 0.000129. The fourth-order valence-electron chi connectivity index (χ4n) is 9.84. The van der Waals surface area contributed by atoms with Crippen LogP contribution in [0.25, 0.3) is 11.1 Å². The third kappa shape index (κ3) is 30.7. The zero-order chi connectivity index (χ0) is 70.4. The Labute approximate surface area is 550 Å². The number of carbonyl (C=O) groups excluding carboxylic acids is 8. The molecule has 95 heavy (non-hydrogen) atoms. The summed E-state index contributed by atoms with van der Waals surface area (Å²) >= 11 is 0. The van der Waals surface area contributed by atoms with Crippen LogP contribution < -0.4 is 123 Å². The summed E-state index contributed by atoms with van der Waals surface area (Å²) < 4.78 is 5.78. The Hall–Kier alpha value is -11.1. The summed E-state index contributed by atoms with van der Waals surface area (Å²) in [7, 11) is 0. The summed E-state index contributed by atoms with van der Waals surface area (Å²) in [5.74, 6) is -8.24. The number of hydrogen-bond donors (Lipinski definition) is 22. The van der Waals surface area contributed by atoms with E-state index in [2.05, 4.69) is 72.2 Å². The van der Waals surface area contributed by atoms with E-state index in [-0.39, 0.29) is 190 Å². The third-order valence-corrected chi connectivity index (χ3v) is 14.4. The van der Waals surface area contributed by atoms with Crippen LogP contribution in [-0.2, 0) is 38.3 Å². The molecule has 0 aliphatic heterocycles. The van der Waals surface area contributed by atoms with E-state index < -0.39 is 89.7 Å². The summed E-state index contributed by atoms with van der Waals surface area (Å²) in [6.07, 6.45) is -0.862. The summed E-state index contributed by atoms with van der Waals surface area (Å²) in [6.45, 7) is 0.0232. The number of guanidine groups is 7. The van der Waals surface area contributed by atoms with Crippen LogP contribution in [0.15, 0.2) is 83.5 Å². The number of alkyl carbamates (subject to hydrolysis) is 1.